The topological polar surface area (TPSA) is 78.0 Å². The molecule has 0 saturated carbocycles. The molecule has 1 aliphatic carbocycles. The first kappa shape index (κ1) is 14.1. The number of carbonyl (C=O) groups excluding carboxylic acids is 1. The molecule has 1 aromatic rings. The molecule has 1 aliphatic rings. The molecule has 2 unspecified atom stereocenters. The van der Waals surface area contributed by atoms with Gasteiger partial charge in [0.1, 0.15) is 0 Å². The highest BCUT2D eigenvalue weighted by Gasteiger charge is 2.29. The van der Waals surface area contributed by atoms with E-state index < -0.39 is 0 Å². The Balaban J connectivity index is 2.05. The van der Waals surface area contributed by atoms with E-state index in [4.69, 9.17) is 5.11 Å². The van der Waals surface area contributed by atoms with E-state index in [1.165, 1.54) is 0 Å². The molecule has 1 aromatic heterocycles. The third-order valence-corrected chi connectivity index (χ3v) is 3.94. The smallest absolute Gasteiger partial charge is 0.227 e. The molecule has 1 heterocycles. The van der Waals surface area contributed by atoms with Crippen LogP contribution in [0.25, 0.3) is 0 Å². The predicted octanol–water partition coefficient (Wildman–Crippen LogP) is 1.35. The van der Waals surface area contributed by atoms with Gasteiger partial charge in [0.05, 0.1) is 12.1 Å². The number of aliphatic hydroxyl groups excluding tert-OH is 1. The lowest BCUT2D eigenvalue weighted by molar-refractivity contribution is -0.124. The zero-order valence-corrected chi connectivity index (χ0v) is 11.6. The molecule has 5 heteroatoms. The number of rotatable bonds is 5. The Morgan fingerprint density at radius 1 is 1.63 bits per heavy atom. The maximum absolute atomic E-state index is 12.4. The molecule has 2 atom stereocenters. The second-order valence-corrected chi connectivity index (χ2v) is 5.62. The minimum absolute atomic E-state index is 0.0368. The van der Waals surface area contributed by atoms with Crippen molar-refractivity contribution < 1.29 is 9.90 Å². The number of nitrogens with zero attached hydrogens (tertiary/aromatic N) is 1. The summed E-state index contributed by atoms with van der Waals surface area (Å²) in [6.07, 6.45) is 5.24. The van der Waals surface area contributed by atoms with Gasteiger partial charge in [0.15, 0.2) is 0 Å². The lowest BCUT2D eigenvalue weighted by atomic mass is 9.86. The first-order chi connectivity index (χ1) is 9.13. The molecule has 0 saturated heterocycles. The van der Waals surface area contributed by atoms with Crippen LogP contribution in [0.15, 0.2) is 6.20 Å². The number of hydrogen-bond acceptors (Lipinski definition) is 3. The maximum atomic E-state index is 12.4. The molecule has 0 aromatic carbocycles. The number of H-pyrrole nitrogens is 1. The average molecular weight is 265 g/mol. The van der Waals surface area contributed by atoms with E-state index in [0.717, 1.165) is 30.5 Å². The van der Waals surface area contributed by atoms with Crippen molar-refractivity contribution in [2.45, 2.75) is 51.5 Å². The van der Waals surface area contributed by atoms with E-state index in [2.05, 4.69) is 29.4 Å². The SMILES string of the molecule is CC(C)C(CCO)NC(=O)C1CCCc2[nH]ncc21. The molecule has 1 amide bonds. The number of hydrogen-bond donors (Lipinski definition) is 3. The van der Waals surface area contributed by atoms with E-state index in [9.17, 15) is 4.79 Å². The highest BCUT2D eigenvalue weighted by molar-refractivity contribution is 5.84. The molecule has 0 bridgehead atoms. The van der Waals surface area contributed by atoms with Crippen LogP contribution < -0.4 is 5.32 Å². The van der Waals surface area contributed by atoms with Crippen molar-refractivity contribution in [3.05, 3.63) is 17.5 Å². The summed E-state index contributed by atoms with van der Waals surface area (Å²) in [4.78, 5) is 12.4. The summed E-state index contributed by atoms with van der Waals surface area (Å²) in [7, 11) is 0. The Morgan fingerprint density at radius 3 is 3.11 bits per heavy atom. The number of carbonyl (C=O) groups is 1. The van der Waals surface area contributed by atoms with Gasteiger partial charge in [-0.25, -0.2) is 0 Å². The number of aromatic nitrogens is 2. The highest BCUT2D eigenvalue weighted by Crippen LogP contribution is 2.30. The third kappa shape index (κ3) is 3.15. The van der Waals surface area contributed by atoms with Gasteiger partial charge in [-0.05, 0) is 31.6 Å². The van der Waals surface area contributed by atoms with Crippen molar-refractivity contribution in [2.24, 2.45) is 5.92 Å². The van der Waals surface area contributed by atoms with Crippen molar-refractivity contribution in [3.8, 4) is 0 Å². The van der Waals surface area contributed by atoms with Crippen molar-refractivity contribution in [1.29, 1.82) is 0 Å². The molecule has 3 N–H and O–H groups in total. The Morgan fingerprint density at radius 2 is 2.42 bits per heavy atom. The summed E-state index contributed by atoms with van der Waals surface area (Å²) in [5.41, 5.74) is 2.13. The molecule has 2 rings (SSSR count). The van der Waals surface area contributed by atoms with Gasteiger partial charge in [0.2, 0.25) is 5.91 Å². The van der Waals surface area contributed by atoms with Crippen LogP contribution in [-0.2, 0) is 11.2 Å². The lowest BCUT2D eigenvalue weighted by Crippen LogP contribution is -2.42. The lowest BCUT2D eigenvalue weighted by Gasteiger charge is -2.26. The Kier molecular flexibility index (Phi) is 4.58. The number of nitrogens with one attached hydrogen (secondary N) is 2. The molecular weight excluding hydrogens is 242 g/mol. The molecule has 0 radical (unpaired) electrons. The van der Waals surface area contributed by atoms with Crippen LogP contribution in [-0.4, -0.2) is 33.9 Å². The fraction of sp³-hybridized carbons (Fsp3) is 0.714. The maximum Gasteiger partial charge on any atom is 0.227 e. The normalized spacial score (nSPS) is 20.1. The van der Waals surface area contributed by atoms with E-state index in [0.29, 0.717) is 12.3 Å². The van der Waals surface area contributed by atoms with E-state index in [-0.39, 0.29) is 24.5 Å². The number of fused-ring (bicyclic) bond motifs is 1. The molecule has 0 fully saturated rings. The summed E-state index contributed by atoms with van der Waals surface area (Å²) >= 11 is 0. The molecule has 19 heavy (non-hydrogen) atoms. The zero-order valence-electron chi connectivity index (χ0n) is 11.6. The highest BCUT2D eigenvalue weighted by atomic mass is 16.3. The zero-order chi connectivity index (χ0) is 13.8. The molecular formula is C14H23N3O2. The van der Waals surface area contributed by atoms with Gasteiger partial charge in [-0.15, -0.1) is 0 Å². The first-order valence-electron chi connectivity index (χ1n) is 7.06. The standard InChI is InChI=1S/C14H23N3O2/c1-9(2)12(6-7-18)16-14(19)10-4-3-5-13-11(10)8-15-17-13/h8-10,12,18H,3-7H2,1-2H3,(H,15,17)(H,16,19). The van der Waals surface area contributed by atoms with Gasteiger partial charge < -0.3 is 10.4 Å². The van der Waals surface area contributed by atoms with Gasteiger partial charge in [-0.2, -0.15) is 5.10 Å². The largest absolute Gasteiger partial charge is 0.396 e. The molecule has 106 valence electrons. The van der Waals surface area contributed by atoms with Gasteiger partial charge in [-0.3, -0.25) is 9.89 Å². The van der Waals surface area contributed by atoms with Gasteiger partial charge in [-0.1, -0.05) is 13.8 Å². The third-order valence-electron chi connectivity index (χ3n) is 3.94. The number of aliphatic hydroxyl groups is 1. The Labute approximate surface area is 113 Å². The van der Waals surface area contributed by atoms with E-state index in [1.54, 1.807) is 6.20 Å². The molecule has 0 aliphatic heterocycles. The van der Waals surface area contributed by atoms with Crippen molar-refractivity contribution in [1.82, 2.24) is 15.5 Å². The fourth-order valence-corrected chi connectivity index (χ4v) is 2.73. The molecule has 0 spiro atoms. The second kappa shape index (κ2) is 6.19. The summed E-state index contributed by atoms with van der Waals surface area (Å²) in [5.74, 6) is 0.292. The van der Waals surface area contributed by atoms with Crippen LogP contribution in [0.3, 0.4) is 0 Å². The van der Waals surface area contributed by atoms with Crippen LogP contribution in [0.1, 0.15) is 50.3 Å². The quantitative estimate of drug-likeness (QED) is 0.752. The van der Waals surface area contributed by atoms with Crippen LogP contribution in [0, 0.1) is 5.92 Å². The molecule has 5 nitrogen and oxygen atoms in total. The van der Waals surface area contributed by atoms with Gasteiger partial charge >= 0.3 is 0 Å². The Bertz CT molecular complexity index is 428. The van der Waals surface area contributed by atoms with Crippen LogP contribution >= 0.6 is 0 Å². The van der Waals surface area contributed by atoms with Gasteiger partial charge in [0.25, 0.3) is 0 Å². The van der Waals surface area contributed by atoms with Crippen molar-refractivity contribution in [3.63, 3.8) is 0 Å². The van der Waals surface area contributed by atoms with E-state index in [1.807, 2.05) is 0 Å². The van der Waals surface area contributed by atoms with Crippen LogP contribution in [0.2, 0.25) is 0 Å². The summed E-state index contributed by atoms with van der Waals surface area (Å²) in [5, 5.41) is 19.2. The minimum atomic E-state index is -0.0950. The average Bonchev–Trinajstić information content (AvgIpc) is 2.85. The predicted molar refractivity (Wildman–Crippen MR) is 72.7 cm³/mol. The number of amides is 1. The van der Waals surface area contributed by atoms with Crippen LogP contribution in [0.5, 0.6) is 0 Å². The van der Waals surface area contributed by atoms with Crippen molar-refractivity contribution in [2.75, 3.05) is 6.61 Å². The minimum Gasteiger partial charge on any atom is -0.396 e. The Hall–Kier alpha value is -1.36. The summed E-state index contributed by atoms with van der Waals surface area (Å²) in [6, 6.07) is 0.0368. The number of aryl methyl sites for hydroxylation is 1. The van der Waals surface area contributed by atoms with Crippen LogP contribution in [0.4, 0.5) is 0 Å². The number of aromatic amines is 1. The van der Waals surface area contributed by atoms with Crippen molar-refractivity contribution >= 4 is 5.91 Å². The fourth-order valence-electron chi connectivity index (χ4n) is 2.73. The monoisotopic (exact) mass is 265 g/mol. The summed E-state index contributed by atoms with van der Waals surface area (Å²) in [6.45, 7) is 4.22. The van der Waals surface area contributed by atoms with E-state index >= 15 is 0 Å². The van der Waals surface area contributed by atoms with Gasteiger partial charge in [0, 0.05) is 23.9 Å². The second-order valence-electron chi connectivity index (χ2n) is 5.62. The summed E-state index contributed by atoms with van der Waals surface area (Å²) < 4.78 is 0. The first-order valence-corrected chi connectivity index (χ1v) is 7.06.